The van der Waals surface area contributed by atoms with Gasteiger partial charge < -0.3 is 4.74 Å². The minimum absolute atomic E-state index is 0.725. The van der Waals surface area contributed by atoms with E-state index in [0.717, 1.165) is 38.7 Å². The Bertz CT molecular complexity index is 711. The predicted molar refractivity (Wildman–Crippen MR) is 93.7 cm³/mol. The number of nitrogens with zero attached hydrogens (tertiary/aromatic N) is 2. The van der Waals surface area contributed by atoms with Crippen LogP contribution in [0, 0.1) is 0 Å². The molecule has 1 heterocycles. The molecule has 0 spiro atoms. The molecule has 0 unspecified atom stereocenters. The van der Waals surface area contributed by atoms with Crippen LogP contribution in [0.2, 0.25) is 5.02 Å². The molecule has 0 bridgehead atoms. The number of halogens is 1. The van der Waals surface area contributed by atoms with Gasteiger partial charge in [0.2, 0.25) is 0 Å². The van der Waals surface area contributed by atoms with Gasteiger partial charge in [0, 0.05) is 10.8 Å². The molecule has 0 amide bonds. The molecule has 0 saturated heterocycles. The molecule has 1 aliphatic heterocycles. The van der Waals surface area contributed by atoms with E-state index in [1.165, 1.54) is 0 Å². The van der Waals surface area contributed by atoms with E-state index in [9.17, 15) is 0 Å². The van der Waals surface area contributed by atoms with Gasteiger partial charge in [0.05, 0.1) is 18.5 Å². The van der Waals surface area contributed by atoms with Gasteiger partial charge in [-0.2, -0.15) is 5.10 Å². The van der Waals surface area contributed by atoms with Gasteiger partial charge in [-0.25, -0.2) is 4.99 Å². The highest BCUT2D eigenvalue weighted by Crippen LogP contribution is 2.21. The minimum Gasteiger partial charge on any atom is -0.497 e. The average molecular weight is 332 g/mol. The Kier molecular flexibility index (Phi) is 4.65. The summed E-state index contributed by atoms with van der Waals surface area (Å²) < 4.78 is 5.13. The van der Waals surface area contributed by atoms with Crippen LogP contribution in [-0.4, -0.2) is 23.7 Å². The first-order valence-electron chi connectivity index (χ1n) is 6.68. The van der Waals surface area contributed by atoms with Crippen molar-refractivity contribution in [2.75, 3.05) is 12.9 Å². The number of benzene rings is 2. The Morgan fingerprint density at radius 1 is 1.14 bits per heavy atom. The summed E-state index contributed by atoms with van der Waals surface area (Å²) in [7, 11) is 1.65. The fourth-order valence-corrected chi connectivity index (χ4v) is 2.85. The fraction of sp³-hybridized carbons (Fsp3) is 0.125. The second kappa shape index (κ2) is 6.85. The maximum absolute atomic E-state index is 5.90. The zero-order valence-electron chi connectivity index (χ0n) is 11.9. The van der Waals surface area contributed by atoms with Gasteiger partial charge >= 0.3 is 0 Å². The van der Waals surface area contributed by atoms with Crippen molar-refractivity contribution in [3.63, 3.8) is 0 Å². The Hall–Kier alpha value is -1.98. The van der Waals surface area contributed by atoms with Crippen LogP contribution in [0.15, 0.2) is 58.6 Å². The number of rotatable bonds is 3. The maximum Gasteiger partial charge on any atom is 0.182 e. The van der Waals surface area contributed by atoms with Gasteiger partial charge in [0.1, 0.15) is 5.75 Å². The first kappa shape index (κ1) is 14.9. The standard InChI is InChI=1S/C16H14ClN3OS/c1-21-14-8-6-13(7-9-14)18-16-20-19-15(10-22-16)11-2-4-12(17)5-3-11/h2-9H,10H2,1H3,(H,18,20). The monoisotopic (exact) mass is 331 g/mol. The van der Waals surface area contributed by atoms with Crippen molar-refractivity contribution in [2.45, 2.75) is 0 Å². The molecule has 0 aromatic heterocycles. The van der Waals surface area contributed by atoms with Gasteiger partial charge in [-0.15, -0.1) is 0 Å². The third-order valence-electron chi connectivity index (χ3n) is 3.11. The molecule has 1 N–H and O–H groups in total. The Morgan fingerprint density at radius 3 is 2.45 bits per heavy atom. The quantitative estimate of drug-likeness (QED) is 0.922. The van der Waals surface area contributed by atoms with E-state index in [0.29, 0.717) is 0 Å². The first-order chi connectivity index (χ1) is 10.7. The largest absolute Gasteiger partial charge is 0.497 e. The summed E-state index contributed by atoms with van der Waals surface area (Å²) in [5.74, 6) is 1.58. The Labute approximate surface area is 138 Å². The zero-order valence-corrected chi connectivity index (χ0v) is 13.5. The summed E-state index contributed by atoms with van der Waals surface area (Å²) in [5.41, 5.74) is 5.90. The third kappa shape index (κ3) is 3.61. The summed E-state index contributed by atoms with van der Waals surface area (Å²) in [6.45, 7) is 0. The van der Waals surface area contributed by atoms with Crippen LogP contribution in [0.3, 0.4) is 0 Å². The van der Waals surface area contributed by atoms with Crippen molar-refractivity contribution in [1.29, 1.82) is 0 Å². The second-order valence-electron chi connectivity index (χ2n) is 4.58. The summed E-state index contributed by atoms with van der Waals surface area (Å²) >= 11 is 7.52. The molecular formula is C16H14ClN3OS. The van der Waals surface area contributed by atoms with Gasteiger partial charge in [-0.05, 0) is 42.0 Å². The number of hydrazone groups is 1. The van der Waals surface area contributed by atoms with Crippen molar-refractivity contribution in [3.05, 3.63) is 59.1 Å². The third-order valence-corrected chi connectivity index (χ3v) is 4.24. The fourth-order valence-electron chi connectivity index (χ4n) is 1.94. The van der Waals surface area contributed by atoms with Crippen molar-refractivity contribution in [2.24, 2.45) is 10.1 Å². The lowest BCUT2D eigenvalue weighted by atomic mass is 10.1. The minimum atomic E-state index is 0.725. The van der Waals surface area contributed by atoms with E-state index >= 15 is 0 Å². The van der Waals surface area contributed by atoms with Crippen LogP contribution in [0.5, 0.6) is 5.75 Å². The van der Waals surface area contributed by atoms with E-state index in [1.54, 1.807) is 18.9 Å². The van der Waals surface area contributed by atoms with E-state index in [-0.39, 0.29) is 0 Å². The van der Waals surface area contributed by atoms with E-state index in [1.807, 2.05) is 48.5 Å². The Morgan fingerprint density at radius 2 is 1.86 bits per heavy atom. The molecule has 3 rings (SSSR count). The second-order valence-corrected chi connectivity index (χ2v) is 5.98. The lowest BCUT2D eigenvalue weighted by Gasteiger charge is -2.14. The molecule has 6 heteroatoms. The molecule has 2 aromatic carbocycles. The molecule has 1 aliphatic rings. The number of aliphatic imine (C=N–C) groups is 1. The van der Waals surface area contributed by atoms with Crippen LogP contribution in [0.4, 0.5) is 5.69 Å². The van der Waals surface area contributed by atoms with Crippen LogP contribution >= 0.6 is 23.4 Å². The van der Waals surface area contributed by atoms with Crippen molar-refractivity contribution in [1.82, 2.24) is 5.43 Å². The van der Waals surface area contributed by atoms with Gasteiger partial charge in [-0.3, -0.25) is 5.43 Å². The summed E-state index contributed by atoms with van der Waals surface area (Å²) in [6, 6.07) is 15.3. The first-order valence-corrected chi connectivity index (χ1v) is 8.05. The summed E-state index contributed by atoms with van der Waals surface area (Å²) in [4.78, 5) is 4.52. The molecule has 0 radical (unpaired) electrons. The summed E-state index contributed by atoms with van der Waals surface area (Å²) in [6.07, 6.45) is 0. The topological polar surface area (TPSA) is 46.0 Å². The molecule has 0 saturated carbocycles. The molecular weight excluding hydrogens is 318 g/mol. The Balaban J connectivity index is 1.71. The normalized spacial score (nSPS) is 16.1. The van der Waals surface area contributed by atoms with Gasteiger partial charge in [0.25, 0.3) is 0 Å². The van der Waals surface area contributed by atoms with E-state index in [4.69, 9.17) is 16.3 Å². The van der Waals surface area contributed by atoms with Crippen molar-refractivity contribution in [3.8, 4) is 5.75 Å². The highest BCUT2D eigenvalue weighted by Gasteiger charge is 2.13. The van der Waals surface area contributed by atoms with Gasteiger partial charge in [0.15, 0.2) is 5.17 Å². The predicted octanol–water partition coefficient (Wildman–Crippen LogP) is 4.08. The molecule has 0 atom stereocenters. The number of thioether (sulfide) groups is 1. The lowest BCUT2D eigenvalue weighted by molar-refractivity contribution is 0.415. The molecule has 22 heavy (non-hydrogen) atoms. The molecule has 0 fully saturated rings. The van der Waals surface area contributed by atoms with Crippen LogP contribution in [0.1, 0.15) is 5.56 Å². The number of hydrogen-bond acceptors (Lipinski definition) is 4. The van der Waals surface area contributed by atoms with Crippen LogP contribution < -0.4 is 10.2 Å². The summed E-state index contributed by atoms with van der Waals surface area (Å²) in [5, 5.41) is 5.89. The highest BCUT2D eigenvalue weighted by molar-refractivity contribution is 8.14. The zero-order chi connectivity index (χ0) is 15.4. The van der Waals surface area contributed by atoms with Crippen LogP contribution in [0.25, 0.3) is 0 Å². The molecule has 2 aromatic rings. The van der Waals surface area contributed by atoms with Crippen molar-refractivity contribution < 1.29 is 4.74 Å². The lowest BCUT2D eigenvalue weighted by Crippen LogP contribution is -2.25. The van der Waals surface area contributed by atoms with Crippen molar-refractivity contribution >= 4 is 39.9 Å². The van der Waals surface area contributed by atoms with Crippen LogP contribution in [-0.2, 0) is 0 Å². The van der Waals surface area contributed by atoms with E-state index in [2.05, 4.69) is 15.5 Å². The average Bonchev–Trinajstić information content (AvgIpc) is 2.57. The smallest absolute Gasteiger partial charge is 0.182 e. The highest BCUT2D eigenvalue weighted by atomic mass is 35.5. The van der Waals surface area contributed by atoms with Gasteiger partial charge in [-0.1, -0.05) is 35.5 Å². The number of hydrogen-bond donors (Lipinski definition) is 1. The van der Waals surface area contributed by atoms with E-state index < -0.39 is 0 Å². The number of nitrogens with one attached hydrogen (secondary N) is 1. The molecule has 4 nitrogen and oxygen atoms in total. The number of ether oxygens (including phenoxy) is 1. The SMILES string of the molecule is COc1ccc(N=C2NN=C(c3ccc(Cl)cc3)CS2)cc1. The molecule has 0 aliphatic carbocycles. The number of amidine groups is 1. The maximum atomic E-state index is 5.90. The number of methoxy groups -OCH3 is 1. The molecule has 112 valence electrons.